The van der Waals surface area contributed by atoms with Crippen molar-refractivity contribution in [3.05, 3.63) is 29.3 Å². The number of benzene rings is 1. The van der Waals surface area contributed by atoms with E-state index in [1.165, 1.54) is 19.3 Å². The summed E-state index contributed by atoms with van der Waals surface area (Å²) in [5.41, 5.74) is 4.64. The molecule has 20 heavy (non-hydrogen) atoms. The lowest BCUT2D eigenvalue weighted by molar-refractivity contribution is 0.0936. The number of hydrogen-bond donors (Lipinski definition) is 2. The van der Waals surface area contributed by atoms with Gasteiger partial charge in [0, 0.05) is 6.04 Å². The number of nitrogens with two attached hydrogens (primary N) is 1. The van der Waals surface area contributed by atoms with Gasteiger partial charge in [0.1, 0.15) is 11.4 Å². The van der Waals surface area contributed by atoms with Gasteiger partial charge in [0.25, 0.3) is 5.91 Å². The second-order valence-electron chi connectivity index (χ2n) is 6.31. The molecule has 1 aromatic rings. The van der Waals surface area contributed by atoms with Gasteiger partial charge in [0.15, 0.2) is 5.82 Å². The van der Waals surface area contributed by atoms with Crippen LogP contribution in [0, 0.1) is 35.3 Å². The molecule has 0 aliphatic heterocycles. The number of rotatable bonds is 2. The fourth-order valence-corrected chi connectivity index (χ4v) is 4.52. The lowest BCUT2D eigenvalue weighted by Crippen LogP contribution is -2.31. The molecule has 4 unspecified atom stereocenters. The molecule has 5 heteroatoms. The molecule has 3 saturated carbocycles. The van der Waals surface area contributed by atoms with E-state index in [0.29, 0.717) is 23.7 Å². The van der Waals surface area contributed by atoms with Gasteiger partial charge in [-0.3, -0.25) is 4.79 Å². The van der Waals surface area contributed by atoms with Crippen molar-refractivity contribution < 1.29 is 13.6 Å². The van der Waals surface area contributed by atoms with Crippen LogP contribution in [0.2, 0.25) is 0 Å². The van der Waals surface area contributed by atoms with E-state index in [-0.39, 0.29) is 11.7 Å². The summed E-state index contributed by atoms with van der Waals surface area (Å²) in [7, 11) is 0. The Balaban J connectivity index is 1.54. The van der Waals surface area contributed by atoms with E-state index in [2.05, 4.69) is 5.32 Å². The van der Waals surface area contributed by atoms with Crippen LogP contribution in [-0.4, -0.2) is 11.9 Å². The van der Waals surface area contributed by atoms with Gasteiger partial charge < -0.3 is 11.1 Å². The maximum Gasteiger partial charge on any atom is 0.257 e. The molecule has 4 rings (SSSR count). The third-order valence-corrected chi connectivity index (χ3v) is 5.38. The largest absolute Gasteiger partial charge is 0.396 e. The SMILES string of the molecule is Nc1ccc(F)c(C(=O)NC2C3C4CCC(C4)C23)c1F. The van der Waals surface area contributed by atoms with Crippen molar-refractivity contribution in [2.24, 2.45) is 23.7 Å². The van der Waals surface area contributed by atoms with Crippen molar-refractivity contribution in [1.29, 1.82) is 0 Å². The van der Waals surface area contributed by atoms with Crippen molar-refractivity contribution in [3.63, 3.8) is 0 Å². The van der Waals surface area contributed by atoms with Crippen LogP contribution >= 0.6 is 0 Å². The number of amides is 1. The van der Waals surface area contributed by atoms with E-state index in [4.69, 9.17) is 5.73 Å². The third kappa shape index (κ3) is 1.52. The molecule has 0 heterocycles. The summed E-state index contributed by atoms with van der Waals surface area (Å²) in [5.74, 6) is -0.0307. The first-order valence-corrected chi connectivity index (χ1v) is 7.12. The van der Waals surface area contributed by atoms with E-state index in [1.54, 1.807) is 0 Å². The van der Waals surface area contributed by atoms with Crippen LogP contribution in [0.3, 0.4) is 0 Å². The van der Waals surface area contributed by atoms with Gasteiger partial charge in [-0.25, -0.2) is 8.78 Å². The summed E-state index contributed by atoms with van der Waals surface area (Å²) in [6, 6.07) is 2.27. The molecule has 0 aromatic heterocycles. The first-order valence-electron chi connectivity index (χ1n) is 7.12. The molecule has 1 aromatic carbocycles. The van der Waals surface area contributed by atoms with Crippen molar-refractivity contribution in [2.75, 3.05) is 5.73 Å². The van der Waals surface area contributed by atoms with E-state index in [9.17, 15) is 13.6 Å². The van der Waals surface area contributed by atoms with Crippen LogP contribution in [0.15, 0.2) is 12.1 Å². The Kier molecular flexibility index (Phi) is 2.38. The van der Waals surface area contributed by atoms with Crippen molar-refractivity contribution >= 4 is 11.6 Å². The molecule has 3 nitrogen and oxygen atoms in total. The fraction of sp³-hybridized carbons (Fsp3) is 0.533. The Morgan fingerprint density at radius 1 is 1.20 bits per heavy atom. The number of carbonyl (C=O) groups excluding carboxylic acids is 1. The summed E-state index contributed by atoms with van der Waals surface area (Å²) >= 11 is 0. The molecule has 3 N–H and O–H groups in total. The number of nitrogen functional groups attached to an aromatic ring is 1. The van der Waals surface area contributed by atoms with Gasteiger partial charge in [-0.2, -0.15) is 0 Å². The lowest BCUT2D eigenvalue weighted by Gasteiger charge is -2.12. The van der Waals surface area contributed by atoms with Gasteiger partial charge in [-0.05, 0) is 55.1 Å². The minimum absolute atomic E-state index is 0.106. The summed E-state index contributed by atoms with van der Waals surface area (Å²) in [6.07, 6.45) is 3.74. The quantitative estimate of drug-likeness (QED) is 0.816. The molecule has 1 amide bonds. The number of halogens is 2. The molecule has 2 bridgehead atoms. The summed E-state index contributed by atoms with van der Waals surface area (Å²) in [6.45, 7) is 0. The molecule has 0 saturated heterocycles. The van der Waals surface area contributed by atoms with E-state index >= 15 is 0 Å². The zero-order chi connectivity index (χ0) is 14.0. The molecule has 3 aliphatic rings. The topological polar surface area (TPSA) is 55.1 Å². The zero-order valence-corrected chi connectivity index (χ0v) is 10.9. The lowest BCUT2D eigenvalue weighted by atomic mass is 10.0. The van der Waals surface area contributed by atoms with E-state index in [0.717, 1.165) is 12.1 Å². The summed E-state index contributed by atoms with van der Waals surface area (Å²) in [4.78, 5) is 12.1. The number of carbonyl (C=O) groups is 1. The standard InChI is InChI=1S/C15H16F2N2O/c16-8-3-4-9(18)13(17)12(8)15(20)19-14-10-6-1-2-7(5-6)11(10)14/h3-4,6-7,10-11,14H,1-2,5,18H2,(H,19,20). The maximum atomic E-state index is 13.8. The number of fused-ring (bicyclic) bond motifs is 5. The highest BCUT2D eigenvalue weighted by atomic mass is 19.1. The van der Waals surface area contributed by atoms with Crippen molar-refractivity contribution in [1.82, 2.24) is 5.32 Å². The molecule has 106 valence electrons. The van der Waals surface area contributed by atoms with E-state index in [1.807, 2.05) is 0 Å². The zero-order valence-electron chi connectivity index (χ0n) is 10.9. The van der Waals surface area contributed by atoms with Crippen molar-refractivity contribution in [3.8, 4) is 0 Å². The van der Waals surface area contributed by atoms with Crippen LogP contribution in [0.1, 0.15) is 29.6 Å². The molecule has 3 fully saturated rings. The van der Waals surface area contributed by atoms with Crippen LogP contribution < -0.4 is 11.1 Å². The Morgan fingerprint density at radius 3 is 2.50 bits per heavy atom. The molecular weight excluding hydrogens is 262 g/mol. The third-order valence-electron chi connectivity index (χ3n) is 5.38. The summed E-state index contributed by atoms with van der Waals surface area (Å²) < 4.78 is 27.5. The van der Waals surface area contributed by atoms with Gasteiger partial charge in [-0.1, -0.05) is 0 Å². The van der Waals surface area contributed by atoms with Gasteiger partial charge in [0.05, 0.1) is 5.69 Å². The predicted octanol–water partition coefficient (Wildman–Crippen LogP) is 2.32. The monoisotopic (exact) mass is 278 g/mol. The minimum Gasteiger partial charge on any atom is -0.396 e. The van der Waals surface area contributed by atoms with Gasteiger partial charge >= 0.3 is 0 Å². The second kappa shape index (κ2) is 3.93. The molecule has 4 atom stereocenters. The number of nitrogens with one attached hydrogen (secondary N) is 1. The first kappa shape index (κ1) is 12.1. The molecule has 0 spiro atoms. The summed E-state index contributed by atoms with van der Waals surface area (Å²) in [5, 5.41) is 2.81. The fourth-order valence-electron chi connectivity index (χ4n) is 4.52. The predicted molar refractivity (Wildman–Crippen MR) is 69.8 cm³/mol. The maximum absolute atomic E-state index is 13.8. The minimum atomic E-state index is -0.962. The normalized spacial score (nSPS) is 36.8. The van der Waals surface area contributed by atoms with Crippen LogP contribution in [0.25, 0.3) is 0 Å². The first-order chi connectivity index (χ1) is 9.58. The smallest absolute Gasteiger partial charge is 0.257 e. The van der Waals surface area contributed by atoms with Gasteiger partial charge in [-0.15, -0.1) is 0 Å². The van der Waals surface area contributed by atoms with Crippen molar-refractivity contribution in [2.45, 2.75) is 25.3 Å². The van der Waals surface area contributed by atoms with E-state index < -0.39 is 23.1 Å². The number of hydrogen-bond acceptors (Lipinski definition) is 2. The average molecular weight is 278 g/mol. The van der Waals surface area contributed by atoms with Crippen LogP contribution in [-0.2, 0) is 0 Å². The Bertz CT molecular complexity index is 588. The van der Waals surface area contributed by atoms with Crippen LogP contribution in [0.5, 0.6) is 0 Å². The highest BCUT2D eigenvalue weighted by Gasteiger charge is 2.65. The second-order valence-corrected chi connectivity index (χ2v) is 6.31. The highest BCUT2D eigenvalue weighted by Crippen LogP contribution is 2.65. The Hall–Kier alpha value is -1.65. The Labute approximate surface area is 115 Å². The number of anilines is 1. The van der Waals surface area contributed by atoms with Gasteiger partial charge in [0.2, 0.25) is 0 Å². The molecule has 0 radical (unpaired) electrons. The molecular formula is C15H16F2N2O. The Morgan fingerprint density at radius 2 is 1.85 bits per heavy atom. The molecule has 3 aliphatic carbocycles. The highest BCUT2D eigenvalue weighted by molar-refractivity contribution is 5.96. The average Bonchev–Trinajstić information content (AvgIpc) is 2.82. The van der Waals surface area contributed by atoms with Crippen LogP contribution in [0.4, 0.5) is 14.5 Å².